The van der Waals surface area contributed by atoms with Crippen molar-refractivity contribution in [3.05, 3.63) is 72.9 Å². The van der Waals surface area contributed by atoms with E-state index in [4.69, 9.17) is 18.5 Å². The SMILES string of the molecule is CC/C=C\C/C=C\C/C=C\C/C=C\CCCCCCC(=O)OC(COC(=O)CCCCCCC/C=C\C/C=C\CCCCC)COP(=O)([O-])OCC[N+](C)(C)C. The number of hydrogen-bond acceptors (Lipinski definition) is 8. The Hall–Kier alpha value is -2.55. The Morgan fingerprint density at radius 3 is 1.52 bits per heavy atom. The first-order valence-corrected chi connectivity index (χ1v) is 23.1. The molecule has 0 aromatic carbocycles. The average molecular weight is 806 g/mol. The molecule has 0 aromatic heterocycles. The first kappa shape index (κ1) is 53.5. The zero-order chi connectivity index (χ0) is 41.4. The number of unbranched alkanes of at least 4 members (excludes halogenated alkanes) is 12. The van der Waals surface area contributed by atoms with Crippen LogP contribution >= 0.6 is 7.82 Å². The summed E-state index contributed by atoms with van der Waals surface area (Å²) in [5.74, 6) is -0.886. The molecule has 0 bridgehead atoms. The summed E-state index contributed by atoms with van der Waals surface area (Å²) in [5, 5.41) is 0. The number of carbonyl (C=O) groups excluding carboxylic acids is 2. The summed E-state index contributed by atoms with van der Waals surface area (Å²) in [5.41, 5.74) is 0. The van der Waals surface area contributed by atoms with Crippen LogP contribution in [0, 0.1) is 0 Å². The molecule has 0 rings (SSSR count). The van der Waals surface area contributed by atoms with Crippen LogP contribution in [-0.2, 0) is 32.7 Å². The number of hydrogen-bond donors (Lipinski definition) is 0. The van der Waals surface area contributed by atoms with E-state index in [0.717, 1.165) is 89.9 Å². The van der Waals surface area contributed by atoms with Gasteiger partial charge in [-0.1, -0.05) is 132 Å². The number of ether oxygens (including phenoxy) is 2. The molecule has 0 aromatic rings. The molecule has 0 heterocycles. The van der Waals surface area contributed by atoms with Crippen LogP contribution in [0.1, 0.15) is 155 Å². The molecule has 2 unspecified atom stereocenters. The van der Waals surface area contributed by atoms with Gasteiger partial charge in [0.25, 0.3) is 7.82 Å². The quantitative estimate of drug-likeness (QED) is 0.0199. The summed E-state index contributed by atoms with van der Waals surface area (Å²) in [6, 6.07) is 0. The van der Waals surface area contributed by atoms with Crippen molar-refractivity contribution in [2.45, 2.75) is 161 Å². The van der Waals surface area contributed by atoms with E-state index in [2.05, 4.69) is 86.8 Å². The second-order valence-corrected chi connectivity index (χ2v) is 16.7. The maximum absolute atomic E-state index is 12.7. The van der Waals surface area contributed by atoms with E-state index >= 15 is 0 Å². The fourth-order valence-electron chi connectivity index (χ4n) is 5.32. The van der Waals surface area contributed by atoms with Crippen molar-refractivity contribution in [1.82, 2.24) is 0 Å². The molecule has 0 radical (unpaired) electrons. The number of likely N-dealkylation sites (N-methyl/N-ethyl adjacent to an activating group) is 1. The van der Waals surface area contributed by atoms with Gasteiger partial charge in [-0.05, 0) is 83.5 Å². The lowest BCUT2D eigenvalue weighted by Gasteiger charge is -2.28. The third-order valence-corrected chi connectivity index (χ3v) is 9.67. The van der Waals surface area contributed by atoms with Gasteiger partial charge >= 0.3 is 11.9 Å². The van der Waals surface area contributed by atoms with E-state index in [1.807, 2.05) is 21.1 Å². The fourth-order valence-corrected chi connectivity index (χ4v) is 6.05. The molecule has 322 valence electrons. The summed E-state index contributed by atoms with van der Waals surface area (Å²) >= 11 is 0. The third-order valence-electron chi connectivity index (χ3n) is 8.71. The van der Waals surface area contributed by atoms with Crippen LogP contribution in [0.25, 0.3) is 0 Å². The number of phosphoric ester groups is 1. The molecule has 0 saturated heterocycles. The van der Waals surface area contributed by atoms with Gasteiger partial charge in [0.15, 0.2) is 6.10 Å². The largest absolute Gasteiger partial charge is 0.756 e. The molecule has 0 aliphatic heterocycles. The Morgan fingerprint density at radius 1 is 0.571 bits per heavy atom. The van der Waals surface area contributed by atoms with E-state index in [1.165, 1.54) is 25.7 Å². The van der Waals surface area contributed by atoms with Gasteiger partial charge in [-0.25, -0.2) is 0 Å². The Labute approximate surface area is 342 Å². The van der Waals surface area contributed by atoms with E-state index in [-0.39, 0.29) is 26.1 Å². The number of nitrogens with zero attached hydrogens (tertiary/aromatic N) is 1. The number of rotatable bonds is 38. The summed E-state index contributed by atoms with van der Waals surface area (Å²) in [6.07, 6.45) is 46.4. The van der Waals surface area contributed by atoms with Crippen molar-refractivity contribution in [3.8, 4) is 0 Å². The van der Waals surface area contributed by atoms with Gasteiger partial charge in [0.05, 0.1) is 27.7 Å². The number of phosphoric acid groups is 1. The first-order chi connectivity index (χ1) is 27.0. The van der Waals surface area contributed by atoms with Gasteiger partial charge in [-0.15, -0.1) is 0 Å². The molecule has 0 spiro atoms. The highest BCUT2D eigenvalue weighted by atomic mass is 31.2. The zero-order valence-corrected chi connectivity index (χ0v) is 36.9. The summed E-state index contributed by atoms with van der Waals surface area (Å²) in [4.78, 5) is 37.5. The van der Waals surface area contributed by atoms with Crippen molar-refractivity contribution >= 4 is 19.8 Å². The van der Waals surface area contributed by atoms with Gasteiger partial charge < -0.3 is 27.9 Å². The monoisotopic (exact) mass is 806 g/mol. The molecule has 0 aliphatic rings. The molecule has 0 fully saturated rings. The van der Waals surface area contributed by atoms with Gasteiger partial charge in [-0.3, -0.25) is 14.2 Å². The van der Waals surface area contributed by atoms with Crippen molar-refractivity contribution in [1.29, 1.82) is 0 Å². The topological polar surface area (TPSA) is 111 Å². The minimum Gasteiger partial charge on any atom is -0.756 e. The number of allylic oxidation sites excluding steroid dienone is 12. The minimum absolute atomic E-state index is 0.0421. The van der Waals surface area contributed by atoms with Crippen molar-refractivity contribution < 1.29 is 42.1 Å². The molecule has 9 nitrogen and oxygen atoms in total. The maximum atomic E-state index is 12.7. The van der Waals surface area contributed by atoms with Gasteiger partial charge in [0.2, 0.25) is 0 Å². The second-order valence-electron chi connectivity index (χ2n) is 15.3. The third kappa shape index (κ3) is 41.1. The van der Waals surface area contributed by atoms with Gasteiger partial charge in [0, 0.05) is 12.8 Å². The molecular formula is C46H80NO8P. The van der Waals surface area contributed by atoms with Gasteiger partial charge in [0.1, 0.15) is 19.8 Å². The highest BCUT2D eigenvalue weighted by Crippen LogP contribution is 2.38. The smallest absolute Gasteiger partial charge is 0.306 e. The Balaban J connectivity index is 4.46. The predicted octanol–water partition coefficient (Wildman–Crippen LogP) is 11.6. The van der Waals surface area contributed by atoms with Crippen LogP contribution in [0.2, 0.25) is 0 Å². The van der Waals surface area contributed by atoms with E-state index in [9.17, 15) is 19.0 Å². The molecule has 0 N–H and O–H groups in total. The average Bonchev–Trinajstić information content (AvgIpc) is 3.15. The van der Waals surface area contributed by atoms with Crippen LogP contribution in [0.3, 0.4) is 0 Å². The molecule has 2 atom stereocenters. The zero-order valence-electron chi connectivity index (χ0n) is 36.1. The molecule has 0 saturated carbocycles. The normalized spacial score (nSPS) is 14.3. The first-order valence-electron chi connectivity index (χ1n) is 21.6. The van der Waals surface area contributed by atoms with Crippen molar-refractivity contribution in [3.63, 3.8) is 0 Å². The number of carbonyl (C=O) groups is 2. The van der Waals surface area contributed by atoms with E-state index < -0.39 is 32.5 Å². The summed E-state index contributed by atoms with van der Waals surface area (Å²) in [7, 11) is 1.13. The van der Waals surface area contributed by atoms with Crippen LogP contribution in [0.15, 0.2) is 72.9 Å². The standard InChI is InChI=1S/C46H80NO8P/c1-6-8-10-12-14-16-18-20-22-23-25-27-29-31-33-35-37-39-46(49)55-44(43-54-56(50,51)53-41-40-47(3,4)5)42-52-45(48)38-36-34-32-30-28-26-24-21-19-17-15-13-11-9-7-2/h8,10,14-17,20-22,24-25,27,44H,6-7,9,11-13,18-19,23,26,28-43H2,1-5H3/b10-8-,16-14-,17-15-,22-20-,24-21-,27-25-. The summed E-state index contributed by atoms with van der Waals surface area (Å²) < 4.78 is 33.8. The van der Waals surface area contributed by atoms with Crippen LogP contribution in [-0.4, -0.2) is 70.0 Å². The van der Waals surface area contributed by atoms with Gasteiger partial charge in [-0.2, -0.15) is 0 Å². The highest BCUT2D eigenvalue weighted by molar-refractivity contribution is 7.45. The van der Waals surface area contributed by atoms with E-state index in [1.54, 1.807) is 0 Å². The molecule has 10 heteroatoms. The minimum atomic E-state index is -4.64. The Bertz CT molecular complexity index is 1180. The van der Waals surface area contributed by atoms with E-state index in [0.29, 0.717) is 23.9 Å². The molecule has 0 aliphatic carbocycles. The lowest BCUT2D eigenvalue weighted by atomic mass is 10.1. The molecular weight excluding hydrogens is 725 g/mol. The maximum Gasteiger partial charge on any atom is 0.306 e. The second kappa shape index (κ2) is 38.0. The Kier molecular flexibility index (Phi) is 36.3. The summed E-state index contributed by atoms with van der Waals surface area (Å²) in [6.45, 7) is 4.02. The molecule has 0 amide bonds. The highest BCUT2D eigenvalue weighted by Gasteiger charge is 2.21. The van der Waals surface area contributed by atoms with Crippen LogP contribution in [0.4, 0.5) is 0 Å². The van der Waals surface area contributed by atoms with Crippen LogP contribution in [0.5, 0.6) is 0 Å². The van der Waals surface area contributed by atoms with Crippen LogP contribution < -0.4 is 4.89 Å². The molecule has 56 heavy (non-hydrogen) atoms. The predicted molar refractivity (Wildman–Crippen MR) is 231 cm³/mol. The lowest BCUT2D eigenvalue weighted by Crippen LogP contribution is -2.37. The fraction of sp³-hybridized carbons (Fsp3) is 0.696. The Morgan fingerprint density at radius 2 is 1.02 bits per heavy atom. The number of quaternary nitrogens is 1. The number of esters is 2. The lowest BCUT2D eigenvalue weighted by molar-refractivity contribution is -0.870. The van der Waals surface area contributed by atoms with Crippen molar-refractivity contribution in [2.75, 3.05) is 47.5 Å². The van der Waals surface area contributed by atoms with Crippen molar-refractivity contribution in [2.24, 2.45) is 0 Å².